The van der Waals surface area contributed by atoms with Gasteiger partial charge in [-0.1, -0.05) is 29.2 Å². The average molecular weight is 405 g/mol. The summed E-state index contributed by atoms with van der Waals surface area (Å²) < 4.78 is 27.7. The molecule has 24 heavy (non-hydrogen) atoms. The van der Waals surface area contributed by atoms with Crippen molar-refractivity contribution >= 4 is 55.5 Å². The smallest absolute Gasteiger partial charge is 0.252 e. The monoisotopic (exact) mass is 404 g/mol. The summed E-state index contributed by atoms with van der Waals surface area (Å²) in [7, 11) is -3.51. The number of anilines is 1. The molecule has 0 unspecified atom stereocenters. The zero-order valence-electron chi connectivity index (χ0n) is 12.8. The van der Waals surface area contributed by atoms with Crippen LogP contribution in [0.4, 0.5) is 5.13 Å². The fraction of sp³-hybridized carbons (Fsp3) is 0.462. The van der Waals surface area contributed by atoms with Crippen LogP contribution < -0.4 is 5.32 Å². The van der Waals surface area contributed by atoms with Crippen molar-refractivity contribution in [3.8, 4) is 0 Å². The molecule has 1 amide bonds. The fourth-order valence-corrected chi connectivity index (χ4v) is 6.30. The number of carbonyl (C=O) groups is 1. The molecule has 1 saturated heterocycles. The maximum absolute atomic E-state index is 12.6. The molecular weight excluding hydrogens is 388 g/mol. The number of sulfonamides is 1. The number of nitrogens with zero attached hydrogens (tertiary/aromatic N) is 3. The molecule has 2 aromatic rings. The molecule has 3 heterocycles. The van der Waals surface area contributed by atoms with E-state index in [2.05, 4.69) is 15.5 Å². The lowest BCUT2D eigenvalue weighted by Crippen LogP contribution is -2.43. The summed E-state index contributed by atoms with van der Waals surface area (Å²) in [5, 5.41) is 12.8. The van der Waals surface area contributed by atoms with E-state index in [-0.39, 0.29) is 18.4 Å². The predicted octanol–water partition coefficient (Wildman–Crippen LogP) is 2.36. The molecule has 0 aromatic carbocycles. The minimum atomic E-state index is -3.51. The van der Waals surface area contributed by atoms with Gasteiger partial charge in [0.15, 0.2) is 4.34 Å². The molecule has 0 radical (unpaired) electrons. The van der Waals surface area contributed by atoms with Crippen molar-refractivity contribution < 1.29 is 13.2 Å². The molecule has 0 bridgehead atoms. The van der Waals surface area contributed by atoms with Crippen LogP contribution in [-0.2, 0) is 14.8 Å². The van der Waals surface area contributed by atoms with Crippen LogP contribution in [0.3, 0.4) is 0 Å². The Labute approximate surface area is 152 Å². The standard InChI is InChI=1S/C13H16N4O3S4/c1-21-13-16-15-12(23-13)14-11(18)9-4-2-6-17(8-9)24(19,20)10-5-3-7-22-10/h3,5,7,9H,2,4,6,8H2,1H3,(H,14,15,18)/t9-/m0/s1. The van der Waals surface area contributed by atoms with E-state index in [1.165, 1.54) is 38.7 Å². The largest absolute Gasteiger partial charge is 0.300 e. The van der Waals surface area contributed by atoms with Crippen molar-refractivity contribution in [2.45, 2.75) is 21.4 Å². The SMILES string of the molecule is CSc1nnc(NC(=O)[C@H]2CCCN(S(=O)(=O)c3cccs3)C2)s1. The van der Waals surface area contributed by atoms with Gasteiger partial charge in [0.2, 0.25) is 11.0 Å². The van der Waals surface area contributed by atoms with E-state index >= 15 is 0 Å². The van der Waals surface area contributed by atoms with Crippen molar-refractivity contribution in [2.75, 3.05) is 24.7 Å². The summed E-state index contributed by atoms with van der Waals surface area (Å²) in [5.41, 5.74) is 0. The van der Waals surface area contributed by atoms with Gasteiger partial charge >= 0.3 is 0 Å². The highest BCUT2D eigenvalue weighted by atomic mass is 32.2. The van der Waals surface area contributed by atoms with Gasteiger partial charge in [-0.2, -0.15) is 4.31 Å². The second-order valence-corrected chi connectivity index (χ2v) is 10.3. The highest BCUT2D eigenvalue weighted by Gasteiger charge is 2.34. The maximum Gasteiger partial charge on any atom is 0.252 e. The molecule has 1 fully saturated rings. The second kappa shape index (κ2) is 7.48. The fourth-order valence-electron chi connectivity index (χ4n) is 2.46. The van der Waals surface area contributed by atoms with Crippen LogP contribution in [0.15, 0.2) is 26.1 Å². The number of piperidine rings is 1. The first-order valence-corrected chi connectivity index (χ1v) is 11.6. The lowest BCUT2D eigenvalue weighted by atomic mass is 9.99. The van der Waals surface area contributed by atoms with Crippen LogP contribution >= 0.6 is 34.4 Å². The molecule has 1 N–H and O–H groups in total. The molecule has 2 aromatic heterocycles. The number of nitrogens with one attached hydrogen (secondary N) is 1. The predicted molar refractivity (Wildman–Crippen MR) is 96.1 cm³/mol. The van der Waals surface area contributed by atoms with Gasteiger partial charge < -0.3 is 5.32 Å². The number of hydrogen-bond donors (Lipinski definition) is 1. The van der Waals surface area contributed by atoms with E-state index in [1.54, 1.807) is 17.5 Å². The highest BCUT2D eigenvalue weighted by molar-refractivity contribution is 8.00. The molecular formula is C13H16N4O3S4. The quantitative estimate of drug-likeness (QED) is 0.607. The number of aromatic nitrogens is 2. The summed E-state index contributed by atoms with van der Waals surface area (Å²) >= 11 is 3.96. The van der Waals surface area contributed by atoms with Crippen LogP contribution in [-0.4, -0.2) is 48.2 Å². The average Bonchev–Trinajstić information content (AvgIpc) is 3.27. The van der Waals surface area contributed by atoms with Gasteiger partial charge in [-0.15, -0.1) is 21.5 Å². The lowest BCUT2D eigenvalue weighted by Gasteiger charge is -2.30. The summed E-state index contributed by atoms with van der Waals surface area (Å²) in [6.07, 6.45) is 3.21. The Morgan fingerprint density at radius 2 is 2.29 bits per heavy atom. The molecule has 1 aliphatic heterocycles. The van der Waals surface area contributed by atoms with Crippen molar-refractivity contribution in [3.05, 3.63) is 17.5 Å². The normalized spacial score (nSPS) is 19.3. The van der Waals surface area contributed by atoms with E-state index in [1.807, 2.05) is 6.26 Å². The molecule has 11 heteroatoms. The first-order valence-electron chi connectivity index (χ1n) is 7.22. The third-order valence-electron chi connectivity index (χ3n) is 3.66. The van der Waals surface area contributed by atoms with E-state index in [0.29, 0.717) is 28.7 Å². The first kappa shape index (κ1) is 17.8. The van der Waals surface area contributed by atoms with Gasteiger partial charge in [-0.25, -0.2) is 8.42 Å². The minimum Gasteiger partial charge on any atom is -0.300 e. The van der Waals surface area contributed by atoms with E-state index < -0.39 is 10.0 Å². The third-order valence-corrected chi connectivity index (χ3v) is 8.71. The molecule has 3 rings (SSSR count). The zero-order chi connectivity index (χ0) is 17.2. The molecule has 7 nitrogen and oxygen atoms in total. The second-order valence-electron chi connectivity index (χ2n) is 5.20. The number of thiophene rings is 1. The number of carbonyl (C=O) groups excluding carboxylic acids is 1. The topological polar surface area (TPSA) is 92.3 Å². The zero-order valence-corrected chi connectivity index (χ0v) is 16.1. The Morgan fingerprint density at radius 1 is 1.46 bits per heavy atom. The van der Waals surface area contributed by atoms with Crippen LogP contribution in [0.5, 0.6) is 0 Å². The Kier molecular flexibility index (Phi) is 5.55. The molecule has 0 aliphatic carbocycles. The van der Waals surface area contributed by atoms with Gasteiger partial charge in [0, 0.05) is 13.1 Å². The molecule has 1 atom stereocenters. The van der Waals surface area contributed by atoms with E-state index in [4.69, 9.17) is 0 Å². The Bertz CT molecular complexity index is 803. The van der Waals surface area contributed by atoms with Gasteiger partial charge in [-0.05, 0) is 30.5 Å². The summed E-state index contributed by atoms with van der Waals surface area (Å²) in [4.78, 5) is 12.4. The Hall–Kier alpha value is -1.01. The summed E-state index contributed by atoms with van der Waals surface area (Å²) in [6.45, 7) is 0.639. The maximum atomic E-state index is 12.6. The number of thioether (sulfide) groups is 1. The molecule has 0 saturated carbocycles. The third kappa shape index (κ3) is 3.80. The van der Waals surface area contributed by atoms with Gasteiger partial charge in [0.25, 0.3) is 10.0 Å². The summed E-state index contributed by atoms with van der Waals surface area (Å²) in [6, 6.07) is 3.30. The Morgan fingerprint density at radius 3 is 2.96 bits per heavy atom. The van der Waals surface area contributed by atoms with Crippen molar-refractivity contribution in [3.63, 3.8) is 0 Å². The van der Waals surface area contributed by atoms with Crippen molar-refractivity contribution in [2.24, 2.45) is 5.92 Å². The van der Waals surface area contributed by atoms with Gasteiger partial charge in [-0.3, -0.25) is 4.79 Å². The van der Waals surface area contributed by atoms with Crippen LogP contribution in [0.25, 0.3) is 0 Å². The summed E-state index contributed by atoms with van der Waals surface area (Å²) in [5.74, 6) is -0.583. The van der Waals surface area contributed by atoms with Crippen molar-refractivity contribution in [1.82, 2.24) is 14.5 Å². The lowest BCUT2D eigenvalue weighted by molar-refractivity contribution is -0.120. The molecule has 1 aliphatic rings. The van der Waals surface area contributed by atoms with Gasteiger partial charge in [0.1, 0.15) is 4.21 Å². The van der Waals surface area contributed by atoms with Gasteiger partial charge in [0.05, 0.1) is 5.92 Å². The Balaban J connectivity index is 1.68. The number of amides is 1. The van der Waals surface area contributed by atoms with Crippen LogP contribution in [0.1, 0.15) is 12.8 Å². The van der Waals surface area contributed by atoms with Crippen LogP contribution in [0.2, 0.25) is 0 Å². The highest BCUT2D eigenvalue weighted by Crippen LogP contribution is 2.28. The van der Waals surface area contributed by atoms with Crippen molar-refractivity contribution in [1.29, 1.82) is 0 Å². The minimum absolute atomic E-state index is 0.195. The van der Waals surface area contributed by atoms with E-state index in [0.717, 1.165) is 4.34 Å². The number of hydrogen-bond acceptors (Lipinski definition) is 8. The number of rotatable bonds is 5. The van der Waals surface area contributed by atoms with E-state index in [9.17, 15) is 13.2 Å². The molecule has 130 valence electrons. The van der Waals surface area contributed by atoms with Crippen LogP contribution in [0, 0.1) is 5.92 Å². The first-order chi connectivity index (χ1) is 11.5. The molecule has 0 spiro atoms.